The summed E-state index contributed by atoms with van der Waals surface area (Å²) in [6.07, 6.45) is 1.77. The molecule has 0 radical (unpaired) electrons. The molecular weight excluding hydrogens is 386 g/mol. The van der Waals surface area contributed by atoms with Gasteiger partial charge in [-0.05, 0) is 46.1 Å². The summed E-state index contributed by atoms with van der Waals surface area (Å²) >= 11 is 1.03. The number of aliphatic hydroxyl groups excluding tert-OH is 1. The minimum absolute atomic E-state index is 0.163. The van der Waals surface area contributed by atoms with E-state index in [-0.39, 0.29) is 27.7 Å². The van der Waals surface area contributed by atoms with Crippen molar-refractivity contribution >= 4 is 23.1 Å². The number of halogens is 2. The summed E-state index contributed by atoms with van der Waals surface area (Å²) < 4.78 is 27.3. The van der Waals surface area contributed by atoms with Crippen LogP contribution in [0, 0.1) is 0 Å². The molecule has 0 unspecified atom stereocenters. The number of hydrogen-bond acceptors (Lipinski definition) is 6. The van der Waals surface area contributed by atoms with Gasteiger partial charge >= 0.3 is 0 Å². The smallest absolute Gasteiger partial charge is 0.280 e. The van der Waals surface area contributed by atoms with Crippen LogP contribution in [0.4, 0.5) is 14.6 Å². The van der Waals surface area contributed by atoms with E-state index < -0.39 is 18.4 Å². The summed E-state index contributed by atoms with van der Waals surface area (Å²) in [6, 6.07) is 1.04. The quantitative estimate of drug-likeness (QED) is 0.694. The number of amides is 1. The van der Waals surface area contributed by atoms with Crippen molar-refractivity contribution in [3.63, 3.8) is 0 Å². The molecule has 2 aromatic heterocycles. The van der Waals surface area contributed by atoms with Gasteiger partial charge in [0, 0.05) is 29.1 Å². The first-order valence-corrected chi connectivity index (χ1v) is 9.97. The third-order valence-corrected chi connectivity index (χ3v) is 5.46. The van der Waals surface area contributed by atoms with Gasteiger partial charge in [-0.2, -0.15) is 0 Å². The van der Waals surface area contributed by atoms with Crippen LogP contribution in [0.5, 0.6) is 0 Å². The SMILES string of the molecule is CC(C)(C)Nc1cc(C(F)F)c(-c2cnc(C(=O)N[C@@H]3CCC[C@H]3O)s2)cn1. The Kier molecular flexibility index (Phi) is 5.95. The Bertz CT molecular complexity index is 851. The fourth-order valence-corrected chi connectivity index (χ4v) is 4.00. The first kappa shape index (κ1) is 20.6. The largest absolute Gasteiger partial charge is 0.391 e. The van der Waals surface area contributed by atoms with Crippen molar-refractivity contribution in [2.75, 3.05) is 5.32 Å². The summed E-state index contributed by atoms with van der Waals surface area (Å²) in [5.41, 5.74) is -0.218. The molecule has 2 heterocycles. The van der Waals surface area contributed by atoms with E-state index in [1.807, 2.05) is 20.8 Å². The van der Waals surface area contributed by atoms with E-state index in [1.54, 1.807) is 0 Å². The van der Waals surface area contributed by atoms with E-state index in [0.717, 1.165) is 17.8 Å². The average Bonchev–Trinajstić information content (AvgIpc) is 3.23. The first-order valence-electron chi connectivity index (χ1n) is 9.15. The zero-order valence-electron chi connectivity index (χ0n) is 16.0. The number of aromatic nitrogens is 2. The van der Waals surface area contributed by atoms with Gasteiger partial charge in [0.2, 0.25) is 0 Å². The molecule has 2 atom stereocenters. The fraction of sp³-hybridized carbons (Fsp3) is 0.526. The van der Waals surface area contributed by atoms with E-state index in [1.165, 1.54) is 18.5 Å². The molecule has 0 bridgehead atoms. The second kappa shape index (κ2) is 8.08. The van der Waals surface area contributed by atoms with Crippen molar-refractivity contribution < 1.29 is 18.7 Å². The molecule has 1 aliphatic carbocycles. The summed E-state index contributed by atoms with van der Waals surface area (Å²) in [5, 5.41) is 15.9. The molecule has 3 rings (SSSR count). The van der Waals surface area contributed by atoms with Gasteiger partial charge in [-0.1, -0.05) is 0 Å². The summed E-state index contributed by atoms with van der Waals surface area (Å²) in [7, 11) is 0. The lowest BCUT2D eigenvalue weighted by molar-refractivity contribution is 0.0873. The van der Waals surface area contributed by atoms with Crippen LogP contribution in [0.1, 0.15) is 61.8 Å². The van der Waals surface area contributed by atoms with E-state index in [0.29, 0.717) is 23.5 Å². The second-order valence-corrected chi connectivity index (χ2v) is 8.97. The number of carbonyl (C=O) groups excluding carboxylic acids is 1. The van der Waals surface area contributed by atoms with Crippen molar-refractivity contribution in [3.8, 4) is 10.4 Å². The Labute approximate surface area is 166 Å². The number of thiazole rings is 1. The van der Waals surface area contributed by atoms with Crippen LogP contribution in [0.15, 0.2) is 18.5 Å². The number of hydrogen-bond donors (Lipinski definition) is 3. The number of nitrogens with zero attached hydrogens (tertiary/aromatic N) is 2. The molecule has 1 amide bonds. The van der Waals surface area contributed by atoms with Crippen LogP contribution >= 0.6 is 11.3 Å². The highest BCUT2D eigenvalue weighted by Gasteiger charge is 2.28. The monoisotopic (exact) mass is 410 g/mol. The lowest BCUT2D eigenvalue weighted by Crippen LogP contribution is -2.39. The summed E-state index contributed by atoms with van der Waals surface area (Å²) in [4.78, 5) is 21.1. The number of aliphatic hydroxyl groups is 1. The minimum Gasteiger partial charge on any atom is -0.391 e. The number of anilines is 1. The number of nitrogens with one attached hydrogen (secondary N) is 2. The van der Waals surface area contributed by atoms with E-state index >= 15 is 0 Å². The van der Waals surface area contributed by atoms with Gasteiger partial charge in [-0.25, -0.2) is 18.7 Å². The molecule has 1 fully saturated rings. The molecule has 2 aromatic rings. The van der Waals surface area contributed by atoms with Crippen molar-refractivity contribution in [1.82, 2.24) is 15.3 Å². The van der Waals surface area contributed by atoms with Crippen LogP contribution in [0.25, 0.3) is 10.4 Å². The van der Waals surface area contributed by atoms with Gasteiger partial charge in [-0.15, -0.1) is 11.3 Å². The van der Waals surface area contributed by atoms with Crippen LogP contribution in [0.2, 0.25) is 0 Å². The molecule has 6 nitrogen and oxygen atoms in total. The van der Waals surface area contributed by atoms with Crippen LogP contribution < -0.4 is 10.6 Å². The summed E-state index contributed by atoms with van der Waals surface area (Å²) in [6.45, 7) is 5.75. The maximum atomic E-state index is 13.6. The van der Waals surface area contributed by atoms with Gasteiger partial charge < -0.3 is 15.7 Å². The molecule has 0 aromatic carbocycles. The zero-order valence-corrected chi connectivity index (χ0v) is 16.8. The maximum Gasteiger partial charge on any atom is 0.280 e. The Balaban J connectivity index is 1.82. The van der Waals surface area contributed by atoms with E-state index in [9.17, 15) is 18.7 Å². The summed E-state index contributed by atoms with van der Waals surface area (Å²) in [5.74, 6) is -0.0379. The predicted octanol–water partition coefficient (Wildman–Crippen LogP) is 4.00. The number of carbonyl (C=O) groups is 1. The van der Waals surface area contributed by atoms with Crippen LogP contribution in [0.3, 0.4) is 0 Å². The lowest BCUT2D eigenvalue weighted by Gasteiger charge is -2.22. The predicted molar refractivity (Wildman–Crippen MR) is 105 cm³/mol. The van der Waals surface area contributed by atoms with E-state index in [2.05, 4.69) is 20.6 Å². The molecule has 3 N–H and O–H groups in total. The first-order chi connectivity index (χ1) is 13.1. The van der Waals surface area contributed by atoms with Gasteiger partial charge in [0.15, 0.2) is 5.01 Å². The Morgan fingerprint density at radius 2 is 2.04 bits per heavy atom. The minimum atomic E-state index is -2.69. The highest BCUT2D eigenvalue weighted by atomic mass is 32.1. The van der Waals surface area contributed by atoms with Gasteiger partial charge in [0.05, 0.1) is 17.0 Å². The number of pyridine rings is 1. The van der Waals surface area contributed by atoms with Gasteiger partial charge in [0.1, 0.15) is 5.82 Å². The van der Waals surface area contributed by atoms with Crippen molar-refractivity contribution in [1.29, 1.82) is 0 Å². The average molecular weight is 410 g/mol. The third kappa shape index (κ3) is 4.82. The molecule has 9 heteroatoms. The van der Waals surface area contributed by atoms with Crippen LogP contribution in [-0.4, -0.2) is 38.7 Å². The molecule has 152 valence electrons. The molecule has 28 heavy (non-hydrogen) atoms. The highest BCUT2D eigenvalue weighted by Crippen LogP contribution is 2.35. The van der Waals surface area contributed by atoms with Gasteiger partial charge in [-0.3, -0.25) is 4.79 Å². The van der Waals surface area contributed by atoms with E-state index in [4.69, 9.17) is 0 Å². The van der Waals surface area contributed by atoms with Crippen LogP contribution in [-0.2, 0) is 0 Å². The number of alkyl halides is 2. The third-order valence-electron chi connectivity index (χ3n) is 4.44. The topological polar surface area (TPSA) is 87.1 Å². The van der Waals surface area contributed by atoms with Crippen molar-refractivity contribution in [2.24, 2.45) is 0 Å². The van der Waals surface area contributed by atoms with Crippen molar-refractivity contribution in [3.05, 3.63) is 29.0 Å². The Hall–Kier alpha value is -2.13. The zero-order chi connectivity index (χ0) is 20.5. The normalized spacial score (nSPS) is 19.8. The molecular formula is C19H24F2N4O2S. The standard InChI is InChI=1S/C19H24F2N4O2S/c1-19(2,3)25-15-7-10(16(20)21)11(8-22-15)14-9-23-18(28-14)17(27)24-12-5-4-6-13(12)26/h7-9,12-13,16,26H,4-6H2,1-3H3,(H,22,25)(H,24,27)/t12-,13-/m1/s1. The molecule has 0 aliphatic heterocycles. The fourth-order valence-electron chi connectivity index (χ4n) is 3.15. The molecule has 1 aliphatic rings. The molecule has 0 spiro atoms. The van der Waals surface area contributed by atoms with Crippen molar-refractivity contribution in [2.45, 2.75) is 64.1 Å². The lowest BCUT2D eigenvalue weighted by atomic mass is 10.1. The number of rotatable bonds is 5. The maximum absolute atomic E-state index is 13.6. The second-order valence-electron chi connectivity index (χ2n) is 7.94. The molecule has 1 saturated carbocycles. The van der Waals surface area contributed by atoms with Gasteiger partial charge in [0.25, 0.3) is 12.3 Å². The highest BCUT2D eigenvalue weighted by molar-refractivity contribution is 7.17. The Morgan fingerprint density at radius 1 is 1.29 bits per heavy atom. The molecule has 0 saturated heterocycles. The Morgan fingerprint density at radius 3 is 2.64 bits per heavy atom.